The van der Waals surface area contributed by atoms with Crippen LogP contribution in [-0.2, 0) is 16.1 Å². The Kier molecular flexibility index (Phi) is 5.03. The van der Waals surface area contributed by atoms with E-state index < -0.39 is 17.9 Å². The van der Waals surface area contributed by atoms with Gasteiger partial charge in [-0.1, -0.05) is 30.3 Å². The Balaban J connectivity index is 1.74. The van der Waals surface area contributed by atoms with Gasteiger partial charge in [-0.25, -0.2) is 0 Å². The number of hydrogen-bond donors (Lipinski definition) is 4. The smallest absolute Gasteiger partial charge is 0.259 e. The molecule has 3 heterocycles. The van der Waals surface area contributed by atoms with E-state index in [1.165, 1.54) is 0 Å². The Bertz CT molecular complexity index is 1440. The first-order valence-corrected chi connectivity index (χ1v) is 10.7. The number of likely N-dealkylation sites (N-methyl/N-ethyl adjacent to an activating group) is 1. The fourth-order valence-electron chi connectivity index (χ4n) is 4.64. The van der Waals surface area contributed by atoms with Crippen LogP contribution < -0.4 is 5.32 Å². The molecule has 0 aliphatic carbocycles. The minimum absolute atomic E-state index is 0.0368. The summed E-state index contributed by atoms with van der Waals surface area (Å²) in [5.41, 5.74) is 3.07. The maximum Gasteiger partial charge on any atom is 0.259 e. The maximum absolute atomic E-state index is 13.0. The monoisotopic (exact) mass is 444 g/mol. The number of amides is 2. The SMILES string of the molecule is CN(C)CC(O)Cn1cc(C2=C(c3c[nH]c4ccccc34)C(=O)NC2=O)c2cccc(O)c21. The summed E-state index contributed by atoms with van der Waals surface area (Å²) < 4.78 is 1.74. The summed E-state index contributed by atoms with van der Waals surface area (Å²) in [6, 6.07) is 12.6. The molecule has 1 aliphatic heterocycles. The number of H-pyrrole nitrogens is 1. The van der Waals surface area contributed by atoms with Gasteiger partial charge in [0.25, 0.3) is 11.8 Å². The number of benzene rings is 2. The van der Waals surface area contributed by atoms with Crippen LogP contribution in [0, 0.1) is 0 Å². The molecule has 0 fully saturated rings. The zero-order valence-corrected chi connectivity index (χ0v) is 18.3. The lowest BCUT2D eigenvalue weighted by molar-refractivity contribution is -0.122. The molecule has 1 aliphatic rings. The van der Waals surface area contributed by atoms with Crippen molar-refractivity contribution in [3.05, 3.63) is 66.0 Å². The van der Waals surface area contributed by atoms with Crippen LogP contribution in [-0.4, -0.2) is 63.2 Å². The van der Waals surface area contributed by atoms with Crippen LogP contribution in [0.2, 0.25) is 0 Å². The van der Waals surface area contributed by atoms with Gasteiger partial charge in [0, 0.05) is 52.9 Å². The molecular weight excluding hydrogens is 420 g/mol. The average Bonchev–Trinajstić information content (AvgIpc) is 3.41. The van der Waals surface area contributed by atoms with Gasteiger partial charge in [0.15, 0.2) is 0 Å². The van der Waals surface area contributed by atoms with E-state index in [2.05, 4.69) is 10.3 Å². The van der Waals surface area contributed by atoms with Gasteiger partial charge in [0.1, 0.15) is 5.75 Å². The molecule has 2 amide bonds. The molecule has 8 nitrogen and oxygen atoms in total. The molecule has 2 aromatic carbocycles. The van der Waals surface area contributed by atoms with E-state index in [4.69, 9.17) is 0 Å². The minimum Gasteiger partial charge on any atom is -0.506 e. The number of aliphatic hydroxyl groups is 1. The molecule has 5 rings (SSSR count). The molecule has 4 N–H and O–H groups in total. The number of aromatic nitrogens is 2. The van der Waals surface area contributed by atoms with Gasteiger partial charge in [-0.05, 0) is 26.2 Å². The number of phenolic OH excluding ortho intramolecular Hbond substituents is 1. The van der Waals surface area contributed by atoms with Gasteiger partial charge in [-0.2, -0.15) is 0 Å². The molecule has 8 heteroatoms. The van der Waals surface area contributed by atoms with Gasteiger partial charge < -0.3 is 24.7 Å². The van der Waals surface area contributed by atoms with Gasteiger partial charge in [-0.15, -0.1) is 0 Å². The van der Waals surface area contributed by atoms with Crippen molar-refractivity contribution in [2.45, 2.75) is 12.6 Å². The van der Waals surface area contributed by atoms with Crippen molar-refractivity contribution in [1.82, 2.24) is 19.8 Å². The number of phenols is 1. The maximum atomic E-state index is 13.0. The van der Waals surface area contributed by atoms with Crippen LogP contribution >= 0.6 is 0 Å². The number of hydrogen-bond acceptors (Lipinski definition) is 5. The number of aliphatic hydroxyl groups excluding tert-OH is 1. The largest absolute Gasteiger partial charge is 0.506 e. The van der Waals surface area contributed by atoms with Crippen LogP contribution in [0.25, 0.3) is 33.0 Å². The Morgan fingerprint density at radius 1 is 0.970 bits per heavy atom. The Morgan fingerprint density at radius 2 is 1.67 bits per heavy atom. The second kappa shape index (κ2) is 7.91. The highest BCUT2D eigenvalue weighted by atomic mass is 16.3. The third-order valence-corrected chi connectivity index (χ3v) is 5.92. The number of para-hydroxylation sites is 2. The molecular formula is C25H24N4O4. The molecule has 0 radical (unpaired) electrons. The zero-order valence-electron chi connectivity index (χ0n) is 18.3. The molecule has 168 valence electrons. The Labute approximate surface area is 189 Å². The number of nitrogens with one attached hydrogen (secondary N) is 2. The fourth-order valence-corrected chi connectivity index (χ4v) is 4.64. The van der Waals surface area contributed by atoms with Gasteiger partial charge >= 0.3 is 0 Å². The van der Waals surface area contributed by atoms with E-state index in [0.717, 1.165) is 10.9 Å². The summed E-state index contributed by atoms with van der Waals surface area (Å²) >= 11 is 0. The van der Waals surface area contributed by atoms with Gasteiger partial charge in [0.2, 0.25) is 0 Å². The molecule has 1 atom stereocenters. The minimum atomic E-state index is -0.691. The number of imide groups is 1. The molecule has 33 heavy (non-hydrogen) atoms. The summed E-state index contributed by atoms with van der Waals surface area (Å²) in [6.45, 7) is 0.655. The quantitative estimate of drug-likeness (QED) is 0.341. The van der Waals surface area contributed by atoms with Crippen LogP contribution in [0.3, 0.4) is 0 Å². The average molecular weight is 444 g/mol. The third-order valence-electron chi connectivity index (χ3n) is 5.92. The lowest BCUT2D eigenvalue weighted by Gasteiger charge is -2.17. The van der Waals surface area contributed by atoms with Crippen molar-refractivity contribution in [3.63, 3.8) is 0 Å². The van der Waals surface area contributed by atoms with Crippen molar-refractivity contribution >= 4 is 44.8 Å². The van der Waals surface area contributed by atoms with Gasteiger partial charge in [0.05, 0.1) is 22.8 Å². The summed E-state index contributed by atoms with van der Waals surface area (Å²) in [5.74, 6) is -0.917. The predicted octanol–water partition coefficient (Wildman–Crippen LogP) is 2.32. The first-order valence-electron chi connectivity index (χ1n) is 10.7. The molecule has 4 aromatic rings. The van der Waals surface area contributed by atoms with Crippen LogP contribution in [0.4, 0.5) is 0 Å². The zero-order chi connectivity index (χ0) is 23.3. The summed E-state index contributed by atoms with van der Waals surface area (Å²) in [6.07, 6.45) is 2.77. The number of rotatable bonds is 6. The van der Waals surface area contributed by atoms with E-state index >= 15 is 0 Å². The molecule has 0 saturated heterocycles. The molecule has 0 spiro atoms. The van der Waals surface area contributed by atoms with E-state index in [0.29, 0.717) is 28.6 Å². The second-order valence-corrected chi connectivity index (χ2v) is 8.57. The number of aromatic amines is 1. The Morgan fingerprint density at radius 3 is 2.42 bits per heavy atom. The van der Waals surface area contributed by atoms with Crippen LogP contribution in [0.5, 0.6) is 5.75 Å². The summed E-state index contributed by atoms with van der Waals surface area (Å²) in [4.78, 5) is 31.0. The fraction of sp³-hybridized carbons (Fsp3) is 0.200. The third kappa shape index (κ3) is 3.49. The molecule has 2 aromatic heterocycles. The number of carbonyl (C=O) groups is 2. The van der Waals surface area contributed by atoms with Crippen molar-refractivity contribution in [2.24, 2.45) is 0 Å². The number of aromatic hydroxyl groups is 1. The number of fused-ring (bicyclic) bond motifs is 2. The highest BCUT2D eigenvalue weighted by Gasteiger charge is 2.35. The normalized spacial score (nSPS) is 15.3. The topological polar surface area (TPSA) is 111 Å². The van der Waals surface area contributed by atoms with E-state index in [1.54, 1.807) is 35.2 Å². The van der Waals surface area contributed by atoms with Crippen molar-refractivity contribution in [3.8, 4) is 5.75 Å². The highest BCUT2D eigenvalue weighted by Crippen LogP contribution is 2.40. The van der Waals surface area contributed by atoms with Crippen molar-refractivity contribution in [1.29, 1.82) is 0 Å². The predicted molar refractivity (Wildman–Crippen MR) is 126 cm³/mol. The second-order valence-electron chi connectivity index (χ2n) is 8.57. The van der Waals surface area contributed by atoms with E-state index in [9.17, 15) is 19.8 Å². The molecule has 0 bridgehead atoms. The summed E-state index contributed by atoms with van der Waals surface area (Å²) in [7, 11) is 3.74. The highest BCUT2D eigenvalue weighted by molar-refractivity contribution is 6.50. The first kappa shape index (κ1) is 21.0. The Hall–Kier alpha value is -3.88. The lowest BCUT2D eigenvalue weighted by Crippen LogP contribution is -2.29. The lowest BCUT2D eigenvalue weighted by atomic mass is 9.95. The molecule has 1 unspecified atom stereocenters. The standard InChI is InChI=1S/C25H24N4O4/c1-28(2)11-14(30)12-29-13-18(16-7-5-9-20(31)23(16)29)22-21(24(32)27-25(22)33)17-10-26-19-8-4-3-6-15(17)19/h3-10,13-14,26,30-31H,11-12H2,1-2H3,(H,27,32,33). The van der Waals surface area contributed by atoms with E-state index in [1.807, 2.05) is 43.3 Å². The summed E-state index contributed by atoms with van der Waals surface area (Å²) in [5, 5.41) is 25.0. The number of nitrogens with zero attached hydrogens (tertiary/aromatic N) is 2. The number of carbonyl (C=O) groups excluding carboxylic acids is 2. The van der Waals surface area contributed by atoms with Crippen LogP contribution in [0.1, 0.15) is 11.1 Å². The first-order chi connectivity index (χ1) is 15.8. The van der Waals surface area contributed by atoms with Crippen LogP contribution in [0.15, 0.2) is 54.9 Å². The van der Waals surface area contributed by atoms with E-state index in [-0.39, 0.29) is 23.4 Å². The van der Waals surface area contributed by atoms with Crippen molar-refractivity contribution in [2.75, 3.05) is 20.6 Å². The van der Waals surface area contributed by atoms with Gasteiger partial charge in [-0.3, -0.25) is 14.9 Å². The molecule has 0 saturated carbocycles. The van der Waals surface area contributed by atoms with Crippen molar-refractivity contribution < 1.29 is 19.8 Å².